The van der Waals surface area contributed by atoms with Gasteiger partial charge >= 0.3 is 39.5 Å². The summed E-state index contributed by atoms with van der Waals surface area (Å²) in [6, 6.07) is 0. The van der Waals surface area contributed by atoms with Crippen molar-refractivity contribution >= 4 is 39.5 Å². The van der Waals surface area contributed by atoms with Crippen LogP contribution in [0.3, 0.4) is 0 Å². The first-order valence-electron chi connectivity index (χ1n) is 44.9. The van der Waals surface area contributed by atoms with Crippen LogP contribution in [0, 0.1) is 17.8 Å². The van der Waals surface area contributed by atoms with Gasteiger partial charge in [0.25, 0.3) is 0 Å². The van der Waals surface area contributed by atoms with Crippen LogP contribution in [0.25, 0.3) is 0 Å². The van der Waals surface area contributed by atoms with E-state index < -0.39 is 97.5 Å². The number of aliphatic hydroxyl groups excluding tert-OH is 1. The van der Waals surface area contributed by atoms with Gasteiger partial charge in [0.1, 0.15) is 19.3 Å². The fraction of sp³-hybridized carbons (Fsp3) is 0.954. The Kier molecular flexibility index (Phi) is 75.6. The van der Waals surface area contributed by atoms with E-state index in [2.05, 4.69) is 48.5 Å². The van der Waals surface area contributed by atoms with Crippen molar-refractivity contribution in [3.8, 4) is 0 Å². The van der Waals surface area contributed by atoms with Gasteiger partial charge in [-0.1, -0.05) is 408 Å². The Labute approximate surface area is 651 Å². The zero-order valence-electron chi connectivity index (χ0n) is 69.9. The summed E-state index contributed by atoms with van der Waals surface area (Å²) in [6.07, 6.45) is 68.0. The molecular weight excluding hydrogens is 1380 g/mol. The average molecular weight is 1550 g/mol. The molecule has 0 aliphatic carbocycles. The van der Waals surface area contributed by atoms with Crippen LogP contribution in [0.4, 0.5) is 0 Å². The van der Waals surface area contributed by atoms with Gasteiger partial charge in [-0.15, -0.1) is 0 Å². The van der Waals surface area contributed by atoms with Crippen molar-refractivity contribution in [3.63, 3.8) is 0 Å². The highest BCUT2D eigenvalue weighted by molar-refractivity contribution is 7.47. The van der Waals surface area contributed by atoms with Gasteiger partial charge in [0.15, 0.2) is 12.2 Å². The minimum absolute atomic E-state index is 0.107. The highest BCUT2D eigenvalue weighted by Crippen LogP contribution is 2.45. The maximum atomic E-state index is 13.2. The van der Waals surface area contributed by atoms with Crippen LogP contribution in [0.5, 0.6) is 0 Å². The molecule has 19 heteroatoms. The SMILES string of the molecule is CCCCCCCCCCCCCCCCCCCCCCCC(=O)O[C@H](COC(=O)CCCCCCCCCCCCCCCCCC(C)C)COP(=O)(O)OC[C@@H](O)COP(=O)(O)OC[C@@H](COC(=O)CCCCCCCCCCC(C)CC)OC(=O)CCCCCCCCCCCCCCC(C)C. The van der Waals surface area contributed by atoms with E-state index in [9.17, 15) is 43.2 Å². The molecule has 17 nitrogen and oxygen atoms in total. The van der Waals surface area contributed by atoms with Gasteiger partial charge in [-0.05, 0) is 43.4 Å². The van der Waals surface area contributed by atoms with Crippen molar-refractivity contribution in [2.24, 2.45) is 17.8 Å². The molecule has 0 radical (unpaired) electrons. The predicted octanol–water partition coefficient (Wildman–Crippen LogP) is 26.5. The number of carbonyl (C=O) groups excluding carboxylic acids is 4. The second-order valence-corrected chi connectivity index (χ2v) is 35.4. The van der Waals surface area contributed by atoms with Crippen LogP contribution >= 0.6 is 15.6 Å². The Morgan fingerprint density at radius 2 is 0.481 bits per heavy atom. The van der Waals surface area contributed by atoms with Gasteiger partial charge in [-0.25, -0.2) is 9.13 Å². The molecule has 6 atom stereocenters. The lowest BCUT2D eigenvalue weighted by Crippen LogP contribution is -2.30. The average Bonchev–Trinajstić information content (AvgIpc) is 0.900. The molecule has 0 aromatic carbocycles. The summed E-state index contributed by atoms with van der Waals surface area (Å²) in [6.45, 7) is 12.0. The molecule has 0 rings (SSSR count). The third kappa shape index (κ3) is 78.7. The number of aliphatic hydroxyl groups is 1. The summed E-state index contributed by atoms with van der Waals surface area (Å²) in [7, 11) is -9.93. The number of ether oxygens (including phenoxy) is 4. The molecule has 0 aromatic heterocycles. The van der Waals surface area contributed by atoms with E-state index >= 15 is 0 Å². The Morgan fingerprint density at radius 3 is 0.717 bits per heavy atom. The lowest BCUT2D eigenvalue weighted by Gasteiger charge is -2.21. The summed E-state index contributed by atoms with van der Waals surface area (Å²) in [5, 5.41) is 10.7. The van der Waals surface area contributed by atoms with Crippen LogP contribution in [0.1, 0.15) is 459 Å². The van der Waals surface area contributed by atoms with Crippen molar-refractivity contribution in [2.75, 3.05) is 39.6 Å². The molecule has 0 bridgehead atoms. The first-order chi connectivity index (χ1) is 51.3. The Morgan fingerprint density at radius 1 is 0.274 bits per heavy atom. The van der Waals surface area contributed by atoms with Crippen LogP contribution in [-0.4, -0.2) is 96.7 Å². The fourth-order valence-corrected chi connectivity index (χ4v) is 15.1. The third-order valence-corrected chi connectivity index (χ3v) is 22.6. The van der Waals surface area contributed by atoms with Gasteiger partial charge in [0.05, 0.1) is 26.4 Å². The van der Waals surface area contributed by atoms with Gasteiger partial charge in [0, 0.05) is 25.7 Å². The quantitative estimate of drug-likeness (QED) is 0.0222. The lowest BCUT2D eigenvalue weighted by molar-refractivity contribution is -0.161. The normalized spacial score (nSPS) is 14.1. The molecule has 0 saturated heterocycles. The Hall–Kier alpha value is -1.94. The predicted molar refractivity (Wildman–Crippen MR) is 437 cm³/mol. The molecule has 3 unspecified atom stereocenters. The van der Waals surface area contributed by atoms with E-state index in [1.807, 2.05) is 0 Å². The van der Waals surface area contributed by atoms with Crippen molar-refractivity contribution < 1.29 is 80.2 Å². The van der Waals surface area contributed by atoms with Crippen LogP contribution < -0.4 is 0 Å². The summed E-state index contributed by atoms with van der Waals surface area (Å²) in [5.74, 6) is 0.257. The van der Waals surface area contributed by atoms with E-state index in [-0.39, 0.29) is 25.7 Å². The highest BCUT2D eigenvalue weighted by Gasteiger charge is 2.31. The van der Waals surface area contributed by atoms with Crippen LogP contribution in [0.15, 0.2) is 0 Å². The number of phosphoric acid groups is 2. The van der Waals surface area contributed by atoms with Crippen LogP contribution in [0.2, 0.25) is 0 Å². The second-order valence-electron chi connectivity index (χ2n) is 32.5. The van der Waals surface area contributed by atoms with E-state index in [0.29, 0.717) is 25.7 Å². The topological polar surface area (TPSA) is 237 Å². The van der Waals surface area contributed by atoms with Gasteiger partial charge in [-0.2, -0.15) is 0 Å². The van der Waals surface area contributed by atoms with E-state index in [4.69, 9.17) is 37.0 Å². The first-order valence-corrected chi connectivity index (χ1v) is 47.9. The number of esters is 4. The monoisotopic (exact) mass is 1550 g/mol. The van der Waals surface area contributed by atoms with Gasteiger partial charge in [-0.3, -0.25) is 37.3 Å². The molecule has 3 N–H and O–H groups in total. The third-order valence-electron chi connectivity index (χ3n) is 20.7. The highest BCUT2D eigenvalue weighted by atomic mass is 31.2. The number of hydrogen-bond donors (Lipinski definition) is 3. The fourth-order valence-electron chi connectivity index (χ4n) is 13.5. The van der Waals surface area contributed by atoms with E-state index in [0.717, 1.165) is 108 Å². The minimum Gasteiger partial charge on any atom is -0.462 e. The molecule has 630 valence electrons. The molecular formula is C87H170O17P2. The standard InChI is InChI=1S/C87H170O17P2/c1-8-10-11-12-13-14-15-16-17-18-19-20-21-22-25-29-35-40-49-56-63-70-86(91)103-82(74-97-84(89)68-61-54-47-39-34-28-26-23-24-27-32-37-44-51-58-65-78(3)4)76-101-105(93,94)99-72-81(88)73-100-106(95,96)102-77-83(75-98-85(90)69-62-55-48-43-42-46-53-60-67-80(7)9-2)104-87(92)71-64-57-50-41-36-31-30-33-38-45-52-59-66-79(5)6/h78-83,88H,8-77H2,1-7H3,(H,93,94)(H,95,96)/t80?,81-,82-,83-/m1/s1. The second kappa shape index (κ2) is 77.0. The molecule has 0 spiro atoms. The minimum atomic E-state index is -4.97. The Bertz CT molecular complexity index is 2050. The molecule has 0 aliphatic rings. The maximum absolute atomic E-state index is 13.2. The molecule has 0 heterocycles. The van der Waals surface area contributed by atoms with E-state index in [1.165, 1.54) is 270 Å². The number of carbonyl (C=O) groups is 4. The number of rotatable bonds is 85. The largest absolute Gasteiger partial charge is 0.472 e. The molecule has 0 aromatic rings. The summed E-state index contributed by atoms with van der Waals surface area (Å²) in [5.41, 5.74) is 0. The van der Waals surface area contributed by atoms with Crippen molar-refractivity contribution in [1.82, 2.24) is 0 Å². The first kappa shape index (κ1) is 104. The summed E-state index contributed by atoms with van der Waals surface area (Å²) >= 11 is 0. The molecule has 0 fully saturated rings. The van der Waals surface area contributed by atoms with Gasteiger partial charge < -0.3 is 33.8 Å². The number of unbranched alkanes of at least 4 members (excludes halogenated alkanes) is 52. The maximum Gasteiger partial charge on any atom is 0.472 e. The van der Waals surface area contributed by atoms with Crippen LogP contribution in [-0.2, 0) is 65.4 Å². The van der Waals surface area contributed by atoms with Crippen molar-refractivity contribution in [1.29, 1.82) is 0 Å². The Balaban J connectivity index is 5.25. The molecule has 0 amide bonds. The number of phosphoric ester groups is 2. The van der Waals surface area contributed by atoms with E-state index in [1.54, 1.807) is 0 Å². The molecule has 0 aliphatic heterocycles. The summed E-state index contributed by atoms with van der Waals surface area (Å²) < 4.78 is 69.0. The summed E-state index contributed by atoms with van der Waals surface area (Å²) in [4.78, 5) is 73.3. The van der Waals surface area contributed by atoms with Crippen molar-refractivity contribution in [2.45, 2.75) is 478 Å². The zero-order chi connectivity index (χ0) is 77.9. The molecule has 0 saturated carbocycles. The zero-order valence-corrected chi connectivity index (χ0v) is 71.7. The van der Waals surface area contributed by atoms with Crippen molar-refractivity contribution in [3.05, 3.63) is 0 Å². The number of hydrogen-bond acceptors (Lipinski definition) is 15. The van der Waals surface area contributed by atoms with Gasteiger partial charge in [0.2, 0.25) is 0 Å². The smallest absolute Gasteiger partial charge is 0.462 e. The lowest BCUT2D eigenvalue weighted by atomic mass is 9.99. The molecule has 106 heavy (non-hydrogen) atoms.